The first kappa shape index (κ1) is 9.97. The zero-order valence-electron chi connectivity index (χ0n) is 9.72. The smallest absolute Gasteiger partial charge is 0.0483 e. The first-order chi connectivity index (χ1) is 8.25. The van der Waals surface area contributed by atoms with Crippen LogP contribution in [0.1, 0.15) is 0 Å². The van der Waals surface area contributed by atoms with Crippen LogP contribution in [0, 0.1) is 0 Å². The number of nitrogens with zero attached hydrogens (tertiary/aromatic N) is 1. The maximum absolute atomic E-state index is 5.72. The first-order valence-corrected chi connectivity index (χ1v) is 5.66. The Kier molecular flexibility index (Phi) is 2.15. The molecular formula is C15H14N2. The number of hydrogen-bond donors (Lipinski definition) is 1. The van der Waals surface area contributed by atoms with Gasteiger partial charge in [-0.2, -0.15) is 0 Å². The Hall–Kier alpha value is -2.22. The largest absolute Gasteiger partial charge is 0.399 e. The molecule has 0 amide bonds. The molecular weight excluding hydrogens is 208 g/mol. The minimum atomic E-state index is 0.800. The lowest BCUT2D eigenvalue weighted by molar-refractivity contribution is 0.969. The number of aryl methyl sites for hydroxylation is 1. The van der Waals surface area contributed by atoms with Crippen molar-refractivity contribution in [2.24, 2.45) is 7.05 Å². The average Bonchev–Trinajstić information content (AvgIpc) is 2.73. The van der Waals surface area contributed by atoms with Gasteiger partial charge >= 0.3 is 0 Å². The zero-order valence-corrected chi connectivity index (χ0v) is 9.72. The third-order valence-corrected chi connectivity index (χ3v) is 3.15. The van der Waals surface area contributed by atoms with E-state index in [1.165, 1.54) is 22.0 Å². The fourth-order valence-electron chi connectivity index (χ4n) is 2.22. The van der Waals surface area contributed by atoms with Crippen molar-refractivity contribution in [3.63, 3.8) is 0 Å². The van der Waals surface area contributed by atoms with Gasteiger partial charge in [0.05, 0.1) is 0 Å². The summed E-state index contributed by atoms with van der Waals surface area (Å²) in [5.41, 5.74) is 10.2. The summed E-state index contributed by atoms with van der Waals surface area (Å²) in [6, 6.07) is 16.5. The highest BCUT2D eigenvalue weighted by atomic mass is 14.9. The van der Waals surface area contributed by atoms with Crippen LogP contribution in [0.15, 0.2) is 54.7 Å². The van der Waals surface area contributed by atoms with E-state index in [1.807, 2.05) is 12.1 Å². The van der Waals surface area contributed by atoms with E-state index < -0.39 is 0 Å². The number of hydrogen-bond acceptors (Lipinski definition) is 1. The normalized spacial score (nSPS) is 10.9. The first-order valence-electron chi connectivity index (χ1n) is 5.66. The van der Waals surface area contributed by atoms with E-state index in [1.54, 1.807) is 0 Å². The van der Waals surface area contributed by atoms with Gasteiger partial charge in [-0.15, -0.1) is 0 Å². The van der Waals surface area contributed by atoms with Gasteiger partial charge in [0.25, 0.3) is 0 Å². The standard InChI is InChI=1S/C15H14N2/c1-17-10-9-14-13(3-2-4-15(14)17)11-5-7-12(16)8-6-11/h2-10H,16H2,1H3. The molecule has 0 radical (unpaired) electrons. The van der Waals surface area contributed by atoms with Gasteiger partial charge < -0.3 is 10.3 Å². The van der Waals surface area contributed by atoms with E-state index in [0.29, 0.717) is 0 Å². The maximum Gasteiger partial charge on any atom is 0.0483 e. The van der Waals surface area contributed by atoms with Gasteiger partial charge in [0.15, 0.2) is 0 Å². The fourth-order valence-corrected chi connectivity index (χ4v) is 2.22. The van der Waals surface area contributed by atoms with Crippen LogP contribution in [-0.2, 0) is 7.05 Å². The van der Waals surface area contributed by atoms with Gasteiger partial charge in [-0.1, -0.05) is 24.3 Å². The van der Waals surface area contributed by atoms with Crippen LogP contribution in [0.5, 0.6) is 0 Å². The summed E-state index contributed by atoms with van der Waals surface area (Å²) in [6.07, 6.45) is 2.09. The molecule has 0 bridgehead atoms. The van der Waals surface area contributed by atoms with E-state index in [-0.39, 0.29) is 0 Å². The van der Waals surface area contributed by atoms with Crippen LogP contribution in [0.3, 0.4) is 0 Å². The molecule has 17 heavy (non-hydrogen) atoms. The number of nitrogen functional groups attached to an aromatic ring is 1. The SMILES string of the molecule is Cn1ccc2c(-c3ccc(N)cc3)cccc21. The molecule has 0 atom stereocenters. The molecule has 2 heteroatoms. The van der Waals surface area contributed by atoms with E-state index in [4.69, 9.17) is 5.73 Å². The average molecular weight is 222 g/mol. The lowest BCUT2D eigenvalue weighted by Crippen LogP contribution is -1.86. The van der Waals surface area contributed by atoms with Gasteiger partial charge in [0, 0.05) is 29.8 Å². The van der Waals surface area contributed by atoms with Crippen LogP contribution in [0.25, 0.3) is 22.0 Å². The highest BCUT2D eigenvalue weighted by Gasteiger charge is 2.05. The van der Waals surface area contributed by atoms with Gasteiger partial charge in [0.2, 0.25) is 0 Å². The second-order valence-electron chi connectivity index (χ2n) is 4.29. The lowest BCUT2D eigenvalue weighted by atomic mass is 10.0. The highest BCUT2D eigenvalue weighted by molar-refractivity contribution is 5.95. The zero-order chi connectivity index (χ0) is 11.8. The van der Waals surface area contributed by atoms with Crippen LogP contribution in [-0.4, -0.2) is 4.57 Å². The molecule has 0 aliphatic rings. The van der Waals surface area contributed by atoms with Crippen molar-refractivity contribution in [3.8, 4) is 11.1 Å². The molecule has 0 fully saturated rings. The maximum atomic E-state index is 5.72. The number of anilines is 1. The second kappa shape index (κ2) is 3.67. The predicted molar refractivity (Wildman–Crippen MR) is 72.8 cm³/mol. The van der Waals surface area contributed by atoms with Crippen LogP contribution in [0.2, 0.25) is 0 Å². The Morgan fingerprint density at radius 3 is 2.47 bits per heavy atom. The van der Waals surface area contributed by atoms with E-state index in [9.17, 15) is 0 Å². The molecule has 2 aromatic carbocycles. The van der Waals surface area contributed by atoms with Gasteiger partial charge in [-0.3, -0.25) is 0 Å². The lowest BCUT2D eigenvalue weighted by Gasteiger charge is -2.05. The topological polar surface area (TPSA) is 30.9 Å². The number of aromatic nitrogens is 1. The Labute approximate surface area is 100 Å². The van der Waals surface area contributed by atoms with Crippen molar-refractivity contribution in [3.05, 3.63) is 54.7 Å². The quantitative estimate of drug-likeness (QED) is 0.628. The van der Waals surface area contributed by atoms with Gasteiger partial charge in [0.1, 0.15) is 0 Å². The summed E-state index contributed by atoms with van der Waals surface area (Å²) in [6.45, 7) is 0. The third-order valence-electron chi connectivity index (χ3n) is 3.15. The van der Waals surface area contributed by atoms with Crippen LogP contribution in [0.4, 0.5) is 5.69 Å². The molecule has 0 saturated heterocycles. The molecule has 0 spiro atoms. The summed E-state index contributed by atoms with van der Waals surface area (Å²) in [5.74, 6) is 0. The molecule has 1 aromatic heterocycles. The third kappa shape index (κ3) is 1.58. The number of fused-ring (bicyclic) bond motifs is 1. The summed E-state index contributed by atoms with van der Waals surface area (Å²) in [7, 11) is 2.06. The molecule has 3 rings (SSSR count). The minimum Gasteiger partial charge on any atom is -0.399 e. The second-order valence-corrected chi connectivity index (χ2v) is 4.29. The molecule has 0 aliphatic heterocycles. The predicted octanol–water partition coefficient (Wildman–Crippen LogP) is 3.43. The monoisotopic (exact) mass is 222 g/mol. The molecule has 2 nitrogen and oxygen atoms in total. The Balaban J connectivity index is 2.26. The molecule has 0 unspecified atom stereocenters. The van der Waals surface area contributed by atoms with E-state index >= 15 is 0 Å². The summed E-state index contributed by atoms with van der Waals surface area (Å²) >= 11 is 0. The summed E-state index contributed by atoms with van der Waals surface area (Å²) in [5, 5.41) is 1.28. The summed E-state index contributed by atoms with van der Waals surface area (Å²) in [4.78, 5) is 0. The van der Waals surface area contributed by atoms with Crippen molar-refractivity contribution in [2.45, 2.75) is 0 Å². The van der Waals surface area contributed by atoms with Crippen LogP contribution >= 0.6 is 0 Å². The number of nitrogens with two attached hydrogens (primary N) is 1. The molecule has 3 aromatic rings. The highest BCUT2D eigenvalue weighted by Crippen LogP contribution is 2.29. The van der Waals surface area contributed by atoms with Crippen molar-refractivity contribution in [2.75, 3.05) is 5.73 Å². The Morgan fingerprint density at radius 1 is 0.941 bits per heavy atom. The van der Waals surface area contributed by atoms with Crippen molar-refractivity contribution in [1.29, 1.82) is 0 Å². The summed E-state index contributed by atoms with van der Waals surface area (Å²) < 4.78 is 2.14. The molecule has 1 heterocycles. The van der Waals surface area contributed by atoms with Gasteiger partial charge in [-0.25, -0.2) is 0 Å². The molecule has 84 valence electrons. The van der Waals surface area contributed by atoms with Crippen molar-refractivity contribution < 1.29 is 0 Å². The van der Waals surface area contributed by atoms with Gasteiger partial charge in [-0.05, 0) is 35.4 Å². The minimum absolute atomic E-state index is 0.800. The van der Waals surface area contributed by atoms with Crippen molar-refractivity contribution in [1.82, 2.24) is 4.57 Å². The van der Waals surface area contributed by atoms with E-state index in [2.05, 4.69) is 54.2 Å². The fraction of sp³-hybridized carbons (Fsp3) is 0.0667. The van der Waals surface area contributed by atoms with Crippen molar-refractivity contribution >= 4 is 16.6 Å². The molecule has 0 saturated carbocycles. The van der Waals surface area contributed by atoms with Crippen LogP contribution < -0.4 is 5.73 Å². The molecule has 2 N–H and O–H groups in total. The number of benzene rings is 2. The van der Waals surface area contributed by atoms with E-state index in [0.717, 1.165) is 5.69 Å². The Morgan fingerprint density at radius 2 is 1.71 bits per heavy atom. The molecule has 0 aliphatic carbocycles. The number of rotatable bonds is 1. The Bertz CT molecular complexity index is 663.